The summed E-state index contributed by atoms with van der Waals surface area (Å²) in [5.74, 6) is 0.813. The Bertz CT molecular complexity index is 287. The lowest BCUT2D eigenvalue weighted by molar-refractivity contribution is -0.109. The number of benzene rings is 1. The first-order valence-electron chi connectivity index (χ1n) is 4.66. The summed E-state index contributed by atoms with van der Waals surface area (Å²) in [6, 6.07) is 8.51. The van der Waals surface area contributed by atoms with E-state index in [9.17, 15) is 4.79 Å². The van der Waals surface area contributed by atoms with Crippen LogP contribution in [0.3, 0.4) is 0 Å². The molecule has 1 aliphatic rings. The number of carbonyl (C=O) groups is 1. The number of hydrogen-bond acceptors (Lipinski definition) is 1. The van der Waals surface area contributed by atoms with Gasteiger partial charge in [-0.15, -0.1) is 0 Å². The van der Waals surface area contributed by atoms with E-state index in [1.165, 1.54) is 18.4 Å². The van der Waals surface area contributed by atoms with Crippen molar-refractivity contribution in [1.82, 2.24) is 5.32 Å². The maximum Gasteiger partial charge on any atom is 0.207 e. The van der Waals surface area contributed by atoms with Crippen molar-refractivity contribution < 1.29 is 4.79 Å². The smallest absolute Gasteiger partial charge is 0.207 e. The SMILES string of the molecule is O=CNCc1ccc(C2CC2)cc1. The molecule has 2 heteroatoms. The molecule has 1 fully saturated rings. The van der Waals surface area contributed by atoms with Crippen LogP contribution in [0.2, 0.25) is 0 Å². The van der Waals surface area contributed by atoms with Gasteiger partial charge in [-0.25, -0.2) is 0 Å². The second-order valence-corrected chi connectivity index (χ2v) is 3.51. The second kappa shape index (κ2) is 3.60. The predicted molar refractivity (Wildman–Crippen MR) is 51.3 cm³/mol. The fraction of sp³-hybridized carbons (Fsp3) is 0.364. The van der Waals surface area contributed by atoms with E-state index in [1.807, 2.05) is 0 Å². The van der Waals surface area contributed by atoms with Crippen molar-refractivity contribution in [3.05, 3.63) is 35.4 Å². The van der Waals surface area contributed by atoms with E-state index in [4.69, 9.17) is 0 Å². The first-order chi connectivity index (χ1) is 6.40. The predicted octanol–water partition coefficient (Wildman–Crippen LogP) is 1.81. The van der Waals surface area contributed by atoms with Crippen molar-refractivity contribution >= 4 is 6.41 Å². The van der Waals surface area contributed by atoms with Gasteiger partial charge in [-0.2, -0.15) is 0 Å². The average Bonchev–Trinajstić information content (AvgIpc) is 2.99. The van der Waals surface area contributed by atoms with Crippen molar-refractivity contribution in [3.8, 4) is 0 Å². The molecule has 2 rings (SSSR count). The molecule has 1 N–H and O–H groups in total. The third-order valence-electron chi connectivity index (χ3n) is 2.42. The van der Waals surface area contributed by atoms with Gasteiger partial charge in [0.25, 0.3) is 0 Å². The molecule has 0 bridgehead atoms. The summed E-state index contributed by atoms with van der Waals surface area (Å²) in [5.41, 5.74) is 2.60. The fourth-order valence-corrected chi connectivity index (χ4v) is 1.48. The minimum Gasteiger partial charge on any atom is -0.355 e. The Labute approximate surface area is 78.0 Å². The molecule has 0 atom stereocenters. The highest BCUT2D eigenvalue weighted by Gasteiger charge is 2.22. The van der Waals surface area contributed by atoms with Crippen LogP contribution in [0.4, 0.5) is 0 Å². The van der Waals surface area contributed by atoms with Gasteiger partial charge in [-0.05, 0) is 29.9 Å². The van der Waals surface area contributed by atoms with Crippen molar-refractivity contribution in [2.45, 2.75) is 25.3 Å². The molecule has 0 saturated heterocycles. The van der Waals surface area contributed by atoms with Gasteiger partial charge < -0.3 is 5.32 Å². The molecule has 0 spiro atoms. The Balaban J connectivity index is 2.00. The third-order valence-corrected chi connectivity index (χ3v) is 2.42. The van der Waals surface area contributed by atoms with Crippen molar-refractivity contribution in [2.75, 3.05) is 0 Å². The van der Waals surface area contributed by atoms with E-state index < -0.39 is 0 Å². The van der Waals surface area contributed by atoms with Crippen LogP contribution in [0.1, 0.15) is 29.9 Å². The monoisotopic (exact) mass is 175 g/mol. The summed E-state index contributed by atoms with van der Waals surface area (Å²) < 4.78 is 0. The second-order valence-electron chi connectivity index (χ2n) is 3.51. The van der Waals surface area contributed by atoms with Crippen LogP contribution >= 0.6 is 0 Å². The highest BCUT2D eigenvalue weighted by atomic mass is 16.1. The maximum atomic E-state index is 10.1. The number of amides is 1. The van der Waals surface area contributed by atoms with Gasteiger partial charge in [0.15, 0.2) is 0 Å². The molecule has 2 nitrogen and oxygen atoms in total. The molecule has 1 saturated carbocycles. The van der Waals surface area contributed by atoms with Crippen LogP contribution in [0, 0.1) is 0 Å². The summed E-state index contributed by atoms with van der Waals surface area (Å²) >= 11 is 0. The van der Waals surface area contributed by atoms with Gasteiger partial charge >= 0.3 is 0 Å². The number of hydrogen-bond donors (Lipinski definition) is 1. The summed E-state index contributed by atoms with van der Waals surface area (Å²) in [5, 5.41) is 2.65. The van der Waals surface area contributed by atoms with Crippen molar-refractivity contribution in [2.24, 2.45) is 0 Å². The molecule has 0 heterocycles. The molecule has 0 aromatic heterocycles. The topological polar surface area (TPSA) is 29.1 Å². The zero-order valence-electron chi connectivity index (χ0n) is 7.49. The summed E-state index contributed by atoms with van der Waals surface area (Å²) in [6.07, 6.45) is 3.41. The lowest BCUT2D eigenvalue weighted by Crippen LogP contribution is -2.09. The Morgan fingerprint density at radius 2 is 2.00 bits per heavy atom. The normalized spacial score (nSPS) is 15.4. The first kappa shape index (κ1) is 8.30. The lowest BCUT2D eigenvalue weighted by atomic mass is 10.1. The van der Waals surface area contributed by atoms with E-state index in [2.05, 4.69) is 29.6 Å². The Hall–Kier alpha value is -1.31. The molecular formula is C11H13NO. The molecule has 1 amide bonds. The van der Waals surface area contributed by atoms with Gasteiger partial charge in [-0.1, -0.05) is 24.3 Å². The zero-order valence-corrected chi connectivity index (χ0v) is 7.49. The Kier molecular flexibility index (Phi) is 2.30. The van der Waals surface area contributed by atoms with E-state index in [1.54, 1.807) is 0 Å². The molecular weight excluding hydrogens is 162 g/mol. The maximum absolute atomic E-state index is 10.1. The summed E-state index contributed by atoms with van der Waals surface area (Å²) in [6.45, 7) is 0.633. The molecule has 0 unspecified atom stereocenters. The van der Waals surface area contributed by atoms with E-state index in [0.29, 0.717) is 6.54 Å². The quantitative estimate of drug-likeness (QED) is 0.695. The number of nitrogens with one attached hydrogen (secondary N) is 1. The first-order valence-corrected chi connectivity index (χ1v) is 4.66. The van der Waals surface area contributed by atoms with Crippen LogP contribution in [-0.2, 0) is 11.3 Å². The summed E-state index contributed by atoms with van der Waals surface area (Å²) in [4.78, 5) is 10.1. The molecule has 0 radical (unpaired) electrons. The molecule has 1 aliphatic carbocycles. The molecule has 1 aromatic carbocycles. The van der Waals surface area contributed by atoms with Gasteiger partial charge in [0.2, 0.25) is 6.41 Å². The van der Waals surface area contributed by atoms with Gasteiger partial charge in [0, 0.05) is 6.54 Å². The largest absolute Gasteiger partial charge is 0.355 e. The molecule has 0 aliphatic heterocycles. The Morgan fingerprint density at radius 3 is 2.54 bits per heavy atom. The van der Waals surface area contributed by atoms with Gasteiger partial charge in [-0.3, -0.25) is 4.79 Å². The van der Waals surface area contributed by atoms with Crippen LogP contribution < -0.4 is 5.32 Å². The van der Waals surface area contributed by atoms with Crippen molar-refractivity contribution in [3.63, 3.8) is 0 Å². The van der Waals surface area contributed by atoms with Crippen molar-refractivity contribution in [1.29, 1.82) is 0 Å². The highest BCUT2D eigenvalue weighted by Crippen LogP contribution is 2.39. The zero-order chi connectivity index (χ0) is 9.10. The van der Waals surface area contributed by atoms with Crippen LogP contribution in [0.25, 0.3) is 0 Å². The highest BCUT2D eigenvalue weighted by molar-refractivity contribution is 5.46. The fourth-order valence-electron chi connectivity index (χ4n) is 1.48. The van der Waals surface area contributed by atoms with Crippen LogP contribution in [0.15, 0.2) is 24.3 Å². The van der Waals surface area contributed by atoms with Crippen LogP contribution in [0.5, 0.6) is 0 Å². The van der Waals surface area contributed by atoms with Gasteiger partial charge in [0.1, 0.15) is 0 Å². The van der Waals surface area contributed by atoms with E-state index in [-0.39, 0.29) is 0 Å². The molecule has 1 aromatic rings. The number of carbonyl (C=O) groups excluding carboxylic acids is 1. The summed E-state index contributed by atoms with van der Waals surface area (Å²) in [7, 11) is 0. The Morgan fingerprint density at radius 1 is 1.31 bits per heavy atom. The minimum atomic E-state index is 0.633. The number of rotatable bonds is 4. The lowest BCUT2D eigenvalue weighted by Gasteiger charge is -2.01. The minimum absolute atomic E-state index is 0.633. The average molecular weight is 175 g/mol. The third kappa shape index (κ3) is 2.08. The molecule has 68 valence electrons. The van der Waals surface area contributed by atoms with E-state index in [0.717, 1.165) is 17.9 Å². The van der Waals surface area contributed by atoms with Crippen LogP contribution in [-0.4, -0.2) is 6.41 Å². The van der Waals surface area contributed by atoms with Gasteiger partial charge in [0.05, 0.1) is 0 Å². The van der Waals surface area contributed by atoms with E-state index >= 15 is 0 Å². The molecule has 13 heavy (non-hydrogen) atoms. The standard InChI is InChI=1S/C11H13NO/c13-8-12-7-9-1-3-10(4-2-9)11-5-6-11/h1-4,8,11H,5-7H2,(H,12,13).